The standard InChI is InChI=1S/C11H11ClN2O2/c12-9-7-14(11(16)13-10(9)15)6-8-4-2-1-3-5-8/h1-5,9H,6-7H2,(H,13,15,16). The fraction of sp³-hybridized carbons (Fsp3) is 0.273. The Morgan fingerprint density at radius 2 is 2.00 bits per heavy atom. The number of nitrogens with one attached hydrogen (secondary N) is 1. The predicted octanol–water partition coefficient (Wildman–Crippen LogP) is 1.35. The van der Waals surface area contributed by atoms with Crippen LogP contribution in [0.2, 0.25) is 0 Å². The van der Waals surface area contributed by atoms with Crippen molar-refractivity contribution < 1.29 is 9.59 Å². The molecule has 84 valence electrons. The van der Waals surface area contributed by atoms with E-state index < -0.39 is 11.3 Å². The highest BCUT2D eigenvalue weighted by atomic mass is 35.5. The summed E-state index contributed by atoms with van der Waals surface area (Å²) in [6, 6.07) is 9.18. The first-order valence-corrected chi connectivity index (χ1v) is 5.38. The lowest BCUT2D eigenvalue weighted by Crippen LogP contribution is -2.54. The molecule has 0 saturated carbocycles. The number of nitrogens with zero attached hydrogens (tertiary/aromatic N) is 1. The molecule has 0 spiro atoms. The third-order valence-electron chi connectivity index (χ3n) is 2.40. The summed E-state index contributed by atoms with van der Waals surface area (Å²) in [6.45, 7) is 0.713. The summed E-state index contributed by atoms with van der Waals surface area (Å²) in [5.74, 6) is -0.420. The minimum Gasteiger partial charge on any atom is -0.318 e. The largest absolute Gasteiger partial charge is 0.324 e. The van der Waals surface area contributed by atoms with E-state index in [0.717, 1.165) is 5.56 Å². The minimum absolute atomic E-state index is 0.251. The minimum atomic E-state index is -0.665. The molecule has 3 amide bonds. The van der Waals surface area contributed by atoms with Gasteiger partial charge < -0.3 is 4.90 Å². The molecule has 0 radical (unpaired) electrons. The Hall–Kier alpha value is -1.55. The Morgan fingerprint density at radius 3 is 2.69 bits per heavy atom. The zero-order valence-electron chi connectivity index (χ0n) is 8.52. The molecule has 1 aliphatic heterocycles. The first-order chi connectivity index (χ1) is 7.66. The predicted molar refractivity (Wildman–Crippen MR) is 60.0 cm³/mol. The van der Waals surface area contributed by atoms with Gasteiger partial charge in [-0.15, -0.1) is 11.6 Å². The van der Waals surface area contributed by atoms with Crippen molar-refractivity contribution in [1.29, 1.82) is 0 Å². The number of rotatable bonds is 2. The molecule has 2 rings (SSSR count). The van der Waals surface area contributed by atoms with Crippen LogP contribution in [0.1, 0.15) is 5.56 Å². The third kappa shape index (κ3) is 2.33. The van der Waals surface area contributed by atoms with Crippen LogP contribution in [-0.4, -0.2) is 28.8 Å². The van der Waals surface area contributed by atoms with Gasteiger partial charge in [0.2, 0.25) is 5.91 Å². The number of hydrogen-bond acceptors (Lipinski definition) is 2. The summed E-state index contributed by atoms with van der Waals surface area (Å²) in [5, 5.41) is 1.55. The van der Waals surface area contributed by atoms with Crippen LogP contribution in [0.15, 0.2) is 30.3 Å². The van der Waals surface area contributed by atoms with Crippen LogP contribution in [0.3, 0.4) is 0 Å². The highest BCUT2D eigenvalue weighted by Gasteiger charge is 2.30. The highest BCUT2D eigenvalue weighted by Crippen LogP contribution is 2.11. The summed E-state index contributed by atoms with van der Waals surface area (Å²) in [7, 11) is 0. The van der Waals surface area contributed by atoms with E-state index in [1.54, 1.807) is 0 Å². The van der Waals surface area contributed by atoms with Crippen molar-refractivity contribution in [2.45, 2.75) is 11.9 Å². The molecule has 1 fully saturated rings. The Labute approximate surface area is 98.2 Å². The number of halogens is 1. The monoisotopic (exact) mass is 238 g/mol. The average Bonchev–Trinajstić information content (AvgIpc) is 2.27. The van der Waals surface area contributed by atoms with E-state index in [2.05, 4.69) is 5.32 Å². The molecule has 1 N–H and O–H groups in total. The van der Waals surface area contributed by atoms with E-state index in [0.29, 0.717) is 6.54 Å². The van der Waals surface area contributed by atoms with Crippen LogP contribution >= 0.6 is 11.6 Å². The zero-order valence-corrected chi connectivity index (χ0v) is 9.28. The van der Waals surface area contributed by atoms with Gasteiger partial charge in [-0.3, -0.25) is 10.1 Å². The normalized spacial score (nSPS) is 20.8. The Morgan fingerprint density at radius 1 is 1.31 bits per heavy atom. The van der Waals surface area contributed by atoms with Crippen LogP contribution < -0.4 is 5.32 Å². The molecule has 0 aliphatic carbocycles. The van der Waals surface area contributed by atoms with Crippen LogP contribution in [-0.2, 0) is 11.3 Å². The molecule has 0 bridgehead atoms. The first-order valence-electron chi connectivity index (χ1n) is 4.94. The molecule has 1 aromatic rings. The van der Waals surface area contributed by atoms with Crippen molar-refractivity contribution in [3.8, 4) is 0 Å². The van der Waals surface area contributed by atoms with Gasteiger partial charge in [-0.05, 0) is 5.56 Å². The second kappa shape index (κ2) is 4.53. The summed E-state index contributed by atoms with van der Waals surface area (Å²) in [4.78, 5) is 24.1. The molecule has 5 heteroatoms. The molecule has 1 aromatic carbocycles. The van der Waals surface area contributed by atoms with Gasteiger partial charge in [0.05, 0.1) is 0 Å². The number of amides is 3. The van der Waals surface area contributed by atoms with Gasteiger partial charge in [-0.25, -0.2) is 4.79 Å². The number of carbonyl (C=O) groups is 2. The van der Waals surface area contributed by atoms with Crippen molar-refractivity contribution in [3.05, 3.63) is 35.9 Å². The molecule has 16 heavy (non-hydrogen) atoms. The number of urea groups is 1. The summed E-state index contributed by atoms with van der Waals surface area (Å²) >= 11 is 5.79. The second-order valence-corrected chi connectivity index (χ2v) is 4.15. The second-order valence-electron chi connectivity index (χ2n) is 3.63. The quantitative estimate of drug-likeness (QED) is 0.791. The van der Waals surface area contributed by atoms with Crippen molar-refractivity contribution in [2.24, 2.45) is 0 Å². The summed E-state index contributed by atoms with van der Waals surface area (Å²) in [5.41, 5.74) is 1.01. The maximum absolute atomic E-state index is 11.5. The highest BCUT2D eigenvalue weighted by molar-refractivity contribution is 6.32. The number of hydrogen-bond donors (Lipinski definition) is 1. The van der Waals surface area contributed by atoms with E-state index in [4.69, 9.17) is 11.6 Å². The van der Waals surface area contributed by atoms with Crippen LogP contribution in [0.5, 0.6) is 0 Å². The molecule has 1 heterocycles. The number of alkyl halides is 1. The van der Waals surface area contributed by atoms with E-state index in [9.17, 15) is 9.59 Å². The number of benzene rings is 1. The van der Waals surface area contributed by atoms with Gasteiger partial charge in [-0.1, -0.05) is 30.3 Å². The SMILES string of the molecule is O=C1NC(=O)N(Cc2ccccc2)CC1Cl. The fourth-order valence-electron chi connectivity index (χ4n) is 1.56. The lowest BCUT2D eigenvalue weighted by molar-refractivity contribution is -0.121. The molecular weight excluding hydrogens is 228 g/mol. The Balaban J connectivity index is 2.05. The average molecular weight is 239 g/mol. The van der Waals surface area contributed by atoms with Crippen molar-refractivity contribution >= 4 is 23.5 Å². The van der Waals surface area contributed by atoms with Gasteiger partial charge in [0.1, 0.15) is 5.38 Å². The molecule has 4 nitrogen and oxygen atoms in total. The maximum Gasteiger partial charge on any atom is 0.324 e. The van der Waals surface area contributed by atoms with E-state index in [-0.39, 0.29) is 12.6 Å². The van der Waals surface area contributed by atoms with Gasteiger partial charge in [0.25, 0.3) is 0 Å². The van der Waals surface area contributed by atoms with Crippen molar-refractivity contribution in [2.75, 3.05) is 6.54 Å². The van der Waals surface area contributed by atoms with Gasteiger partial charge in [-0.2, -0.15) is 0 Å². The van der Waals surface area contributed by atoms with Crippen molar-refractivity contribution in [3.63, 3.8) is 0 Å². The fourth-order valence-corrected chi connectivity index (χ4v) is 1.78. The maximum atomic E-state index is 11.5. The first kappa shape index (κ1) is 11.0. The molecule has 1 saturated heterocycles. The lowest BCUT2D eigenvalue weighted by atomic mass is 10.2. The molecule has 1 unspecified atom stereocenters. The van der Waals surface area contributed by atoms with Crippen LogP contribution in [0.4, 0.5) is 4.79 Å². The van der Waals surface area contributed by atoms with Gasteiger partial charge in [0.15, 0.2) is 0 Å². The lowest BCUT2D eigenvalue weighted by Gasteiger charge is -2.29. The van der Waals surface area contributed by atoms with E-state index in [1.807, 2.05) is 30.3 Å². The van der Waals surface area contributed by atoms with Crippen molar-refractivity contribution in [1.82, 2.24) is 10.2 Å². The number of imide groups is 1. The van der Waals surface area contributed by atoms with E-state index in [1.165, 1.54) is 4.90 Å². The summed E-state index contributed by atoms with van der Waals surface area (Å²) in [6.07, 6.45) is 0. The van der Waals surface area contributed by atoms with E-state index >= 15 is 0 Å². The molecular formula is C11H11ClN2O2. The molecule has 1 aliphatic rings. The molecule has 1 atom stereocenters. The molecule has 0 aromatic heterocycles. The van der Waals surface area contributed by atoms with Crippen LogP contribution in [0, 0.1) is 0 Å². The third-order valence-corrected chi connectivity index (χ3v) is 2.73. The topological polar surface area (TPSA) is 49.4 Å². The Kier molecular flexibility index (Phi) is 3.10. The smallest absolute Gasteiger partial charge is 0.318 e. The summed E-state index contributed by atoms with van der Waals surface area (Å²) < 4.78 is 0. The van der Waals surface area contributed by atoms with Gasteiger partial charge in [0, 0.05) is 13.1 Å². The zero-order chi connectivity index (χ0) is 11.5. The Bertz CT molecular complexity index is 408. The van der Waals surface area contributed by atoms with Crippen LogP contribution in [0.25, 0.3) is 0 Å². The van der Waals surface area contributed by atoms with Gasteiger partial charge >= 0.3 is 6.03 Å². The number of carbonyl (C=O) groups excluding carboxylic acids is 2.